The number of rotatable bonds is 3. The van der Waals surface area contributed by atoms with Crippen LogP contribution in [0.5, 0.6) is 0 Å². The summed E-state index contributed by atoms with van der Waals surface area (Å²) >= 11 is 0. The average Bonchev–Trinajstić information content (AvgIpc) is 2.29. The first-order valence-corrected chi connectivity index (χ1v) is 4.78. The SMILES string of the molecule is CCCC1(CO)COC(C)(C)C1. The summed E-state index contributed by atoms with van der Waals surface area (Å²) in [5.74, 6) is 0. The Kier molecular flexibility index (Phi) is 2.79. The van der Waals surface area contributed by atoms with Gasteiger partial charge in [0.25, 0.3) is 0 Å². The zero-order chi connectivity index (χ0) is 9.24. The fraction of sp³-hybridized carbons (Fsp3) is 1.00. The number of hydrogen-bond donors (Lipinski definition) is 1. The van der Waals surface area contributed by atoms with E-state index in [0.29, 0.717) is 0 Å². The maximum absolute atomic E-state index is 9.30. The summed E-state index contributed by atoms with van der Waals surface area (Å²) < 4.78 is 5.64. The van der Waals surface area contributed by atoms with Gasteiger partial charge in [0.1, 0.15) is 0 Å². The van der Waals surface area contributed by atoms with Gasteiger partial charge in [-0.25, -0.2) is 0 Å². The van der Waals surface area contributed by atoms with Crippen molar-refractivity contribution in [3.63, 3.8) is 0 Å². The predicted molar refractivity (Wildman–Crippen MR) is 49.1 cm³/mol. The van der Waals surface area contributed by atoms with E-state index in [4.69, 9.17) is 4.74 Å². The Labute approximate surface area is 74.9 Å². The average molecular weight is 172 g/mol. The van der Waals surface area contributed by atoms with Crippen molar-refractivity contribution >= 4 is 0 Å². The molecule has 0 radical (unpaired) electrons. The van der Waals surface area contributed by atoms with Gasteiger partial charge in [-0.1, -0.05) is 13.3 Å². The smallest absolute Gasteiger partial charge is 0.0633 e. The van der Waals surface area contributed by atoms with Crippen molar-refractivity contribution in [1.82, 2.24) is 0 Å². The third-order valence-corrected chi connectivity index (χ3v) is 2.69. The zero-order valence-corrected chi connectivity index (χ0v) is 8.39. The van der Waals surface area contributed by atoms with Crippen molar-refractivity contribution in [3.8, 4) is 0 Å². The molecule has 0 aromatic carbocycles. The number of aliphatic hydroxyl groups is 1. The lowest BCUT2D eigenvalue weighted by Gasteiger charge is -2.25. The summed E-state index contributed by atoms with van der Waals surface area (Å²) in [6.07, 6.45) is 3.19. The second-order valence-corrected chi connectivity index (χ2v) is 4.63. The highest BCUT2D eigenvalue weighted by atomic mass is 16.5. The zero-order valence-electron chi connectivity index (χ0n) is 8.39. The molecule has 1 unspecified atom stereocenters. The molecule has 0 aromatic rings. The first-order chi connectivity index (χ1) is 5.54. The van der Waals surface area contributed by atoms with Gasteiger partial charge in [0.2, 0.25) is 0 Å². The highest BCUT2D eigenvalue weighted by molar-refractivity contribution is 4.91. The molecule has 0 bridgehead atoms. The van der Waals surface area contributed by atoms with E-state index in [2.05, 4.69) is 20.8 Å². The minimum Gasteiger partial charge on any atom is -0.396 e. The third kappa shape index (κ3) is 1.99. The van der Waals surface area contributed by atoms with Gasteiger partial charge in [-0.05, 0) is 26.7 Å². The van der Waals surface area contributed by atoms with Crippen LogP contribution in [0.2, 0.25) is 0 Å². The highest BCUT2D eigenvalue weighted by Crippen LogP contribution is 2.41. The number of aliphatic hydroxyl groups excluding tert-OH is 1. The molecule has 72 valence electrons. The Bertz CT molecular complexity index is 154. The molecule has 0 spiro atoms. The van der Waals surface area contributed by atoms with Crippen LogP contribution in [0.15, 0.2) is 0 Å². The molecular weight excluding hydrogens is 152 g/mol. The van der Waals surface area contributed by atoms with E-state index in [1.165, 1.54) is 0 Å². The molecule has 1 fully saturated rings. The van der Waals surface area contributed by atoms with Crippen molar-refractivity contribution in [2.24, 2.45) is 5.41 Å². The molecule has 0 amide bonds. The minimum atomic E-state index is -0.0299. The van der Waals surface area contributed by atoms with E-state index in [-0.39, 0.29) is 17.6 Å². The lowest BCUT2D eigenvalue weighted by molar-refractivity contribution is 0.0250. The largest absolute Gasteiger partial charge is 0.396 e. The van der Waals surface area contributed by atoms with Crippen molar-refractivity contribution < 1.29 is 9.84 Å². The predicted octanol–water partition coefficient (Wildman–Crippen LogP) is 1.96. The van der Waals surface area contributed by atoms with Gasteiger partial charge in [0.15, 0.2) is 0 Å². The molecule has 0 saturated carbocycles. The maximum atomic E-state index is 9.30. The summed E-state index contributed by atoms with van der Waals surface area (Å²) in [7, 11) is 0. The van der Waals surface area contributed by atoms with E-state index < -0.39 is 0 Å². The first-order valence-electron chi connectivity index (χ1n) is 4.78. The summed E-state index contributed by atoms with van der Waals surface area (Å²) in [5.41, 5.74) is 0.0240. The Hall–Kier alpha value is -0.0800. The van der Waals surface area contributed by atoms with Gasteiger partial charge in [0, 0.05) is 5.41 Å². The quantitative estimate of drug-likeness (QED) is 0.705. The monoisotopic (exact) mass is 172 g/mol. The molecule has 1 rings (SSSR count). The van der Waals surface area contributed by atoms with Gasteiger partial charge < -0.3 is 9.84 Å². The van der Waals surface area contributed by atoms with Crippen LogP contribution in [0.3, 0.4) is 0 Å². The van der Waals surface area contributed by atoms with E-state index in [1.807, 2.05) is 0 Å². The Balaban J connectivity index is 2.59. The first kappa shape index (κ1) is 10.0. The van der Waals surface area contributed by atoms with Crippen molar-refractivity contribution in [1.29, 1.82) is 0 Å². The Morgan fingerprint density at radius 3 is 2.42 bits per heavy atom. The van der Waals surface area contributed by atoms with Crippen LogP contribution in [0.1, 0.15) is 40.0 Å². The lowest BCUT2D eigenvalue weighted by Crippen LogP contribution is -2.27. The van der Waals surface area contributed by atoms with Crippen LogP contribution >= 0.6 is 0 Å². The van der Waals surface area contributed by atoms with Crippen LogP contribution < -0.4 is 0 Å². The van der Waals surface area contributed by atoms with Crippen molar-refractivity contribution in [3.05, 3.63) is 0 Å². The standard InChI is InChI=1S/C10H20O2/c1-4-5-10(7-11)6-9(2,3)12-8-10/h11H,4-8H2,1-3H3. The Morgan fingerprint density at radius 2 is 2.08 bits per heavy atom. The molecule has 1 heterocycles. The minimum absolute atomic E-state index is 0.0299. The summed E-state index contributed by atoms with van der Waals surface area (Å²) in [6, 6.07) is 0. The second-order valence-electron chi connectivity index (χ2n) is 4.63. The molecule has 1 N–H and O–H groups in total. The van der Waals surface area contributed by atoms with Crippen LogP contribution in [0, 0.1) is 5.41 Å². The van der Waals surface area contributed by atoms with Gasteiger partial charge in [-0.15, -0.1) is 0 Å². The van der Waals surface area contributed by atoms with Gasteiger partial charge in [-0.2, -0.15) is 0 Å². The lowest BCUT2D eigenvalue weighted by atomic mass is 9.79. The van der Waals surface area contributed by atoms with Crippen molar-refractivity contribution in [2.45, 2.75) is 45.6 Å². The highest BCUT2D eigenvalue weighted by Gasteiger charge is 2.43. The Morgan fingerprint density at radius 1 is 1.42 bits per heavy atom. The van der Waals surface area contributed by atoms with Crippen LogP contribution in [-0.4, -0.2) is 23.9 Å². The molecule has 1 aliphatic rings. The van der Waals surface area contributed by atoms with E-state index in [1.54, 1.807) is 0 Å². The van der Waals surface area contributed by atoms with Crippen molar-refractivity contribution in [2.75, 3.05) is 13.2 Å². The van der Waals surface area contributed by atoms with Crippen LogP contribution in [0.4, 0.5) is 0 Å². The van der Waals surface area contributed by atoms with E-state index in [9.17, 15) is 5.11 Å². The van der Waals surface area contributed by atoms with Crippen LogP contribution in [-0.2, 0) is 4.74 Å². The molecule has 1 atom stereocenters. The molecule has 12 heavy (non-hydrogen) atoms. The fourth-order valence-corrected chi connectivity index (χ4v) is 2.23. The van der Waals surface area contributed by atoms with Gasteiger partial charge >= 0.3 is 0 Å². The van der Waals surface area contributed by atoms with Crippen LogP contribution in [0.25, 0.3) is 0 Å². The topological polar surface area (TPSA) is 29.5 Å². The molecule has 2 nitrogen and oxygen atoms in total. The van der Waals surface area contributed by atoms with Gasteiger partial charge in [-0.3, -0.25) is 0 Å². The molecule has 1 aliphatic heterocycles. The van der Waals surface area contributed by atoms with E-state index >= 15 is 0 Å². The number of ether oxygens (including phenoxy) is 1. The fourth-order valence-electron chi connectivity index (χ4n) is 2.23. The molecule has 0 aliphatic carbocycles. The summed E-state index contributed by atoms with van der Waals surface area (Å²) in [6.45, 7) is 7.34. The molecule has 1 saturated heterocycles. The van der Waals surface area contributed by atoms with Gasteiger partial charge in [0.05, 0.1) is 18.8 Å². The maximum Gasteiger partial charge on any atom is 0.0633 e. The van der Waals surface area contributed by atoms with E-state index in [0.717, 1.165) is 25.9 Å². The summed E-state index contributed by atoms with van der Waals surface area (Å²) in [5, 5.41) is 9.30. The molecule has 0 aromatic heterocycles. The summed E-state index contributed by atoms with van der Waals surface area (Å²) in [4.78, 5) is 0. The normalized spacial score (nSPS) is 34.0. The number of hydrogen-bond acceptors (Lipinski definition) is 2. The third-order valence-electron chi connectivity index (χ3n) is 2.69. The molecular formula is C10H20O2. The molecule has 2 heteroatoms. The second kappa shape index (κ2) is 3.35.